The van der Waals surface area contributed by atoms with Crippen molar-refractivity contribution in [3.8, 4) is 28.6 Å². The monoisotopic (exact) mass is 526 g/mol. The number of nitriles is 1. The maximum Gasteiger partial charge on any atom is 0.310 e. The lowest BCUT2D eigenvalue weighted by atomic mass is 10.1. The molecule has 0 spiro atoms. The fourth-order valence-electron chi connectivity index (χ4n) is 4.19. The van der Waals surface area contributed by atoms with Crippen LogP contribution in [-0.2, 0) is 22.4 Å². The minimum Gasteiger partial charge on any atom is -0.469 e. The second-order valence-electron chi connectivity index (χ2n) is 8.54. The Morgan fingerprint density at radius 1 is 1.13 bits per heavy atom. The predicted octanol–water partition coefficient (Wildman–Crippen LogP) is 5.58. The summed E-state index contributed by atoms with van der Waals surface area (Å²) in [5, 5.41) is 10.4. The molecule has 0 saturated carbocycles. The SMILES string of the molecule is CCc1nc2ccc(-c3ccc(CC(=O)OC)cn3)cn2c1N(C)c1nc(-c2ccc(F)cc2)c(C#N)s1. The van der Waals surface area contributed by atoms with Crippen LogP contribution in [0, 0.1) is 17.1 Å². The molecule has 0 aliphatic carbocycles. The van der Waals surface area contributed by atoms with Crippen LogP contribution in [0.5, 0.6) is 0 Å². The van der Waals surface area contributed by atoms with E-state index in [0.29, 0.717) is 27.7 Å². The second-order valence-corrected chi connectivity index (χ2v) is 9.52. The van der Waals surface area contributed by atoms with E-state index >= 15 is 0 Å². The van der Waals surface area contributed by atoms with Gasteiger partial charge in [0, 0.05) is 30.6 Å². The molecule has 0 saturated heterocycles. The fourth-order valence-corrected chi connectivity index (χ4v) is 5.03. The lowest BCUT2D eigenvalue weighted by Gasteiger charge is -2.17. The highest BCUT2D eigenvalue weighted by molar-refractivity contribution is 7.16. The lowest BCUT2D eigenvalue weighted by Crippen LogP contribution is -2.13. The van der Waals surface area contributed by atoms with Crippen LogP contribution in [0.1, 0.15) is 23.1 Å². The lowest BCUT2D eigenvalue weighted by molar-refractivity contribution is -0.139. The number of hydrogen-bond donors (Lipinski definition) is 0. The van der Waals surface area contributed by atoms with E-state index in [2.05, 4.69) is 11.1 Å². The van der Waals surface area contributed by atoms with Gasteiger partial charge in [-0.15, -0.1) is 0 Å². The van der Waals surface area contributed by atoms with Crippen LogP contribution in [0.25, 0.3) is 28.2 Å². The van der Waals surface area contributed by atoms with Gasteiger partial charge < -0.3 is 9.64 Å². The number of imidazole rings is 1. The first kappa shape index (κ1) is 25.0. The second kappa shape index (κ2) is 10.4. The van der Waals surface area contributed by atoms with Gasteiger partial charge in [0.2, 0.25) is 0 Å². The van der Waals surface area contributed by atoms with E-state index in [4.69, 9.17) is 14.7 Å². The van der Waals surface area contributed by atoms with E-state index < -0.39 is 0 Å². The number of ether oxygens (including phenoxy) is 1. The number of esters is 1. The van der Waals surface area contributed by atoms with Crippen LogP contribution in [0.15, 0.2) is 60.9 Å². The number of aryl methyl sites for hydroxylation is 1. The predicted molar refractivity (Wildman–Crippen MR) is 144 cm³/mol. The van der Waals surface area contributed by atoms with Crippen molar-refractivity contribution in [1.82, 2.24) is 19.4 Å². The van der Waals surface area contributed by atoms with Crippen LogP contribution in [0.4, 0.5) is 15.3 Å². The van der Waals surface area contributed by atoms with E-state index in [1.54, 1.807) is 18.3 Å². The summed E-state index contributed by atoms with van der Waals surface area (Å²) >= 11 is 1.27. The van der Waals surface area contributed by atoms with Crippen molar-refractivity contribution >= 4 is 33.9 Å². The summed E-state index contributed by atoms with van der Waals surface area (Å²) in [7, 11) is 3.25. The van der Waals surface area contributed by atoms with Crippen molar-refractivity contribution in [3.05, 3.63) is 82.9 Å². The van der Waals surface area contributed by atoms with Crippen LogP contribution in [0.3, 0.4) is 0 Å². The van der Waals surface area contributed by atoms with E-state index in [9.17, 15) is 14.4 Å². The van der Waals surface area contributed by atoms with Crippen molar-refractivity contribution in [3.63, 3.8) is 0 Å². The molecule has 0 N–H and O–H groups in total. The summed E-state index contributed by atoms with van der Waals surface area (Å²) in [4.78, 5) is 28.0. The zero-order valence-electron chi connectivity index (χ0n) is 21.0. The van der Waals surface area contributed by atoms with E-state index in [1.807, 2.05) is 53.7 Å². The van der Waals surface area contributed by atoms with Gasteiger partial charge >= 0.3 is 5.97 Å². The van der Waals surface area contributed by atoms with Crippen LogP contribution in [-0.4, -0.2) is 39.5 Å². The van der Waals surface area contributed by atoms with E-state index in [0.717, 1.165) is 34.0 Å². The largest absolute Gasteiger partial charge is 0.469 e. The van der Waals surface area contributed by atoms with Crippen LogP contribution < -0.4 is 4.90 Å². The van der Waals surface area contributed by atoms with Crippen molar-refractivity contribution in [2.24, 2.45) is 0 Å². The molecule has 0 atom stereocenters. The number of hydrogen-bond acceptors (Lipinski definition) is 8. The number of methoxy groups -OCH3 is 1. The zero-order valence-corrected chi connectivity index (χ0v) is 21.8. The number of fused-ring (bicyclic) bond motifs is 1. The number of halogens is 1. The van der Waals surface area contributed by atoms with Gasteiger partial charge in [0.05, 0.1) is 24.9 Å². The topological polar surface area (TPSA) is 96.4 Å². The highest BCUT2D eigenvalue weighted by Gasteiger charge is 2.22. The molecule has 38 heavy (non-hydrogen) atoms. The Labute approximate surface area is 222 Å². The maximum absolute atomic E-state index is 13.5. The third-order valence-electron chi connectivity index (χ3n) is 6.13. The number of rotatable bonds is 7. The summed E-state index contributed by atoms with van der Waals surface area (Å²) in [5.41, 5.74) is 5.24. The number of carbonyl (C=O) groups is 1. The molecule has 4 heterocycles. The van der Waals surface area contributed by atoms with Gasteiger partial charge in [-0.2, -0.15) is 5.26 Å². The Morgan fingerprint density at radius 3 is 2.55 bits per heavy atom. The minimum atomic E-state index is -0.346. The molecule has 0 unspecified atom stereocenters. The normalized spacial score (nSPS) is 10.9. The van der Waals surface area contributed by atoms with E-state index in [1.165, 1.54) is 30.6 Å². The van der Waals surface area contributed by atoms with Gasteiger partial charge in [-0.1, -0.05) is 24.3 Å². The van der Waals surface area contributed by atoms with Gasteiger partial charge in [-0.25, -0.2) is 14.4 Å². The summed E-state index contributed by atoms with van der Waals surface area (Å²) < 4.78 is 20.2. The van der Waals surface area contributed by atoms with Gasteiger partial charge in [0.15, 0.2) is 5.13 Å². The highest BCUT2D eigenvalue weighted by Crippen LogP contribution is 2.37. The Morgan fingerprint density at radius 2 is 1.89 bits per heavy atom. The smallest absolute Gasteiger partial charge is 0.310 e. The van der Waals surface area contributed by atoms with Gasteiger partial charge in [-0.05, 0) is 54.4 Å². The number of carbonyl (C=O) groups excluding carboxylic acids is 1. The number of thiazole rings is 1. The first-order chi connectivity index (χ1) is 18.4. The first-order valence-electron chi connectivity index (χ1n) is 11.9. The van der Waals surface area contributed by atoms with Crippen LogP contribution >= 0.6 is 11.3 Å². The number of anilines is 2. The molecule has 0 aliphatic heterocycles. The Balaban J connectivity index is 1.54. The summed E-state index contributed by atoms with van der Waals surface area (Å²) in [6.45, 7) is 2.04. The summed E-state index contributed by atoms with van der Waals surface area (Å²) in [5.74, 6) is 0.167. The van der Waals surface area contributed by atoms with Gasteiger partial charge in [0.25, 0.3) is 0 Å². The van der Waals surface area contributed by atoms with Crippen molar-refractivity contribution < 1.29 is 13.9 Å². The third-order valence-corrected chi connectivity index (χ3v) is 7.17. The molecular weight excluding hydrogens is 503 g/mol. The average Bonchev–Trinajstić information content (AvgIpc) is 3.54. The van der Waals surface area contributed by atoms with Crippen molar-refractivity contribution in [2.45, 2.75) is 19.8 Å². The van der Waals surface area contributed by atoms with Gasteiger partial charge in [-0.3, -0.25) is 14.2 Å². The molecule has 0 amide bonds. The zero-order chi connectivity index (χ0) is 26.8. The molecule has 10 heteroatoms. The number of aromatic nitrogens is 4. The molecular formula is C28H23FN6O2S. The number of benzene rings is 1. The molecule has 4 aromatic heterocycles. The average molecular weight is 527 g/mol. The van der Waals surface area contributed by atoms with Crippen LogP contribution in [0.2, 0.25) is 0 Å². The molecule has 0 fully saturated rings. The third kappa shape index (κ3) is 4.71. The van der Waals surface area contributed by atoms with Crippen molar-refractivity contribution in [1.29, 1.82) is 5.26 Å². The Kier molecular flexibility index (Phi) is 6.85. The quantitative estimate of drug-likeness (QED) is 0.256. The number of nitrogens with zero attached hydrogens (tertiary/aromatic N) is 6. The molecule has 5 rings (SSSR count). The molecule has 0 bridgehead atoms. The maximum atomic E-state index is 13.5. The van der Waals surface area contributed by atoms with E-state index in [-0.39, 0.29) is 18.2 Å². The minimum absolute atomic E-state index is 0.164. The molecule has 0 radical (unpaired) electrons. The van der Waals surface area contributed by atoms with Gasteiger partial charge in [0.1, 0.15) is 33.9 Å². The Bertz CT molecular complexity index is 1670. The number of pyridine rings is 2. The first-order valence-corrected chi connectivity index (χ1v) is 12.7. The highest BCUT2D eigenvalue weighted by atomic mass is 32.1. The Hall–Kier alpha value is -4.62. The molecule has 0 aliphatic rings. The fraction of sp³-hybridized carbons (Fsp3) is 0.179. The molecule has 190 valence electrons. The molecule has 5 aromatic rings. The molecule has 1 aromatic carbocycles. The molecule has 8 nitrogen and oxygen atoms in total. The summed E-state index contributed by atoms with van der Waals surface area (Å²) in [6, 6.07) is 15.8. The summed E-state index contributed by atoms with van der Waals surface area (Å²) in [6.07, 6.45) is 4.50. The van der Waals surface area contributed by atoms with Crippen molar-refractivity contribution in [2.75, 3.05) is 19.1 Å². The standard InChI is InChI=1S/C28H23FN6O2S/c1-4-21-27(34(2)28-33-26(23(14-30)38-28)18-6-9-20(29)10-7-18)35-16-19(8-12-24(35)32-21)22-11-5-17(15-31-22)13-25(36)37-3/h5-12,15-16H,4,13H2,1-3H3.